The van der Waals surface area contributed by atoms with Gasteiger partial charge in [-0.1, -0.05) is 226 Å². The Bertz CT molecular complexity index is 736. The predicted molar refractivity (Wildman–Crippen MR) is 216 cm³/mol. The van der Waals surface area contributed by atoms with E-state index in [4.69, 9.17) is 0 Å². The second-order valence-electron chi connectivity index (χ2n) is 15.9. The molecule has 0 unspecified atom stereocenters. The molecule has 0 aliphatic carbocycles. The van der Waals surface area contributed by atoms with E-state index in [9.17, 15) is 0 Å². The fraction of sp³-hybridized carbons (Fsp3) is 0.935. The summed E-state index contributed by atoms with van der Waals surface area (Å²) in [5.74, 6) is 1.62. The summed E-state index contributed by atoms with van der Waals surface area (Å²) in [7, 11) is 0. The Balaban J connectivity index is 2.14. The molecular weight excluding hydrogens is 581 g/mol. The second-order valence-corrected chi connectivity index (χ2v) is 15.9. The molecule has 284 valence electrons. The maximum atomic E-state index is 2.64. The third-order valence-electron chi connectivity index (χ3n) is 11.1. The van der Waals surface area contributed by atoms with Gasteiger partial charge in [-0.25, -0.2) is 9.13 Å². The van der Waals surface area contributed by atoms with Crippen LogP contribution in [0.1, 0.15) is 264 Å². The highest BCUT2D eigenvalue weighted by Gasteiger charge is 2.16. The first-order valence-corrected chi connectivity index (χ1v) is 22.9. The maximum Gasteiger partial charge on any atom is 0.256 e. The van der Waals surface area contributed by atoms with Gasteiger partial charge < -0.3 is 0 Å². The smallest absolute Gasteiger partial charge is 0.234 e. The fourth-order valence-corrected chi connectivity index (χ4v) is 7.74. The highest BCUT2D eigenvalue weighted by atomic mass is 15.1. The lowest BCUT2D eigenvalue weighted by Gasteiger charge is -2.07. The summed E-state index contributed by atoms with van der Waals surface area (Å²) in [5.41, 5.74) is 0. The van der Waals surface area contributed by atoms with Crippen LogP contribution < -0.4 is 4.57 Å². The molecule has 0 radical (unpaired) electrons. The quantitative estimate of drug-likeness (QED) is 0.0485. The van der Waals surface area contributed by atoms with Gasteiger partial charge in [-0.2, -0.15) is 0 Å². The number of nitrogens with zero attached hydrogens (tertiary/aromatic N) is 2. The summed E-state index contributed by atoms with van der Waals surface area (Å²) >= 11 is 0. The van der Waals surface area contributed by atoms with Crippen molar-refractivity contribution in [3.8, 4) is 0 Å². The van der Waals surface area contributed by atoms with E-state index < -0.39 is 0 Å². The molecule has 1 aromatic heterocycles. The number of imidazole rings is 1. The molecule has 2 heteroatoms. The van der Waals surface area contributed by atoms with Gasteiger partial charge in [0.05, 0.1) is 13.1 Å². The zero-order valence-corrected chi connectivity index (χ0v) is 33.8. The van der Waals surface area contributed by atoms with Gasteiger partial charge in [0.2, 0.25) is 0 Å². The van der Waals surface area contributed by atoms with Crippen LogP contribution in [-0.2, 0) is 19.5 Å². The molecule has 0 aliphatic rings. The van der Waals surface area contributed by atoms with Crippen LogP contribution in [0.2, 0.25) is 0 Å². The Morgan fingerprint density at radius 2 is 0.646 bits per heavy atom. The molecule has 1 aromatic rings. The Kier molecular flexibility index (Phi) is 35.3. The van der Waals surface area contributed by atoms with Crippen molar-refractivity contribution in [3.05, 3.63) is 18.2 Å². The Labute approximate surface area is 304 Å². The number of aryl methyl sites for hydroxylation is 2. The molecule has 0 bridgehead atoms. The molecular formula is C46H91N2+. The minimum atomic E-state index is 1.23. The van der Waals surface area contributed by atoms with E-state index in [1.165, 1.54) is 257 Å². The van der Waals surface area contributed by atoms with Gasteiger partial charge in [-0.05, 0) is 32.1 Å². The summed E-state index contributed by atoms with van der Waals surface area (Å²) in [6, 6.07) is 0. The molecule has 0 fully saturated rings. The van der Waals surface area contributed by atoms with Gasteiger partial charge in [0.1, 0.15) is 12.4 Å². The fourth-order valence-electron chi connectivity index (χ4n) is 7.74. The molecule has 0 aromatic carbocycles. The number of hydrogen-bond acceptors (Lipinski definition) is 0. The van der Waals surface area contributed by atoms with Crippen LogP contribution in [0.25, 0.3) is 0 Å². The van der Waals surface area contributed by atoms with E-state index in [0.717, 1.165) is 0 Å². The summed E-state index contributed by atoms with van der Waals surface area (Å²) in [6.45, 7) is 9.41. The van der Waals surface area contributed by atoms with Crippen LogP contribution in [-0.4, -0.2) is 4.57 Å². The van der Waals surface area contributed by atoms with Crippen LogP contribution in [0.5, 0.6) is 0 Å². The summed E-state index contributed by atoms with van der Waals surface area (Å²) in [6.07, 6.45) is 59.4. The Morgan fingerprint density at radius 3 is 1.00 bits per heavy atom. The Hall–Kier alpha value is -0.790. The third kappa shape index (κ3) is 29.0. The van der Waals surface area contributed by atoms with E-state index in [1.807, 2.05) is 0 Å². The van der Waals surface area contributed by atoms with Crippen molar-refractivity contribution in [1.82, 2.24) is 4.57 Å². The van der Waals surface area contributed by atoms with Gasteiger partial charge in [0.15, 0.2) is 0 Å². The molecule has 0 amide bonds. The van der Waals surface area contributed by atoms with Gasteiger partial charge in [0.25, 0.3) is 5.82 Å². The van der Waals surface area contributed by atoms with Gasteiger partial charge in [-0.3, -0.25) is 0 Å². The molecule has 0 N–H and O–H groups in total. The normalized spacial score (nSPS) is 11.6. The summed E-state index contributed by atoms with van der Waals surface area (Å²) < 4.78 is 5.27. The van der Waals surface area contributed by atoms with E-state index in [-0.39, 0.29) is 0 Å². The largest absolute Gasteiger partial charge is 0.256 e. The van der Waals surface area contributed by atoms with Crippen molar-refractivity contribution in [1.29, 1.82) is 0 Å². The van der Waals surface area contributed by atoms with Crippen molar-refractivity contribution in [2.24, 2.45) is 0 Å². The average Bonchev–Trinajstić information content (AvgIpc) is 3.48. The van der Waals surface area contributed by atoms with Crippen LogP contribution in [0.15, 0.2) is 12.4 Å². The zero-order chi connectivity index (χ0) is 34.4. The highest BCUT2D eigenvalue weighted by molar-refractivity contribution is 4.84. The minimum absolute atomic E-state index is 1.23. The minimum Gasteiger partial charge on any atom is -0.234 e. The lowest BCUT2D eigenvalue weighted by atomic mass is 10.0. The number of unbranched alkanes of at least 4 members (excludes halogenated alkanes) is 34. The summed E-state index contributed by atoms with van der Waals surface area (Å²) in [4.78, 5) is 0. The first kappa shape index (κ1) is 45.2. The van der Waals surface area contributed by atoms with Crippen LogP contribution >= 0.6 is 0 Å². The molecule has 0 aliphatic heterocycles. The van der Waals surface area contributed by atoms with Gasteiger partial charge >= 0.3 is 0 Å². The summed E-state index contributed by atoms with van der Waals surface area (Å²) in [5, 5.41) is 0. The second kappa shape index (κ2) is 37.5. The van der Waals surface area contributed by atoms with Crippen LogP contribution in [0.4, 0.5) is 0 Å². The molecule has 0 atom stereocenters. The molecule has 2 nitrogen and oxygen atoms in total. The first-order chi connectivity index (χ1) is 23.8. The molecule has 1 rings (SSSR count). The van der Waals surface area contributed by atoms with Crippen molar-refractivity contribution >= 4 is 0 Å². The van der Waals surface area contributed by atoms with Crippen LogP contribution in [0, 0.1) is 0 Å². The maximum absolute atomic E-state index is 2.64. The molecule has 0 saturated heterocycles. The van der Waals surface area contributed by atoms with Crippen molar-refractivity contribution in [3.63, 3.8) is 0 Å². The van der Waals surface area contributed by atoms with Crippen molar-refractivity contribution in [2.75, 3.05) is 0 Å². The molecule has 48 heavy (non-hydrogen) atoms. The topological polar surface area (TPSA) is 8.81 Å². The van der Waals surface area contributed by atoms with E-state index in [2.05, 4.69) is 42.3 Å². The van der Waals surface area contributed by atoms with Gasteiger partial charge in [-0.15, -0.1) is 0 Å². The predicted octanol–water partition coefficient (Wildman–Crippen LogP) is 15.8. The van der Waals surface area contributed by atoms with Crippen LogP contribution in [0.3, 0.4) is 0 Å². The first-order valence-electron chi connectivity index (χ1n) is 22.9. The Morgan fingerprint density at radius 1 is 0.354 bits per heavy atom. The van der Waals surface area contributed by atoms with E-state index >= 15 is 0 Å². The van der Waals surface area contributed by atoms with Gasteiger partial charge in [0, 0.05) is 6.42 Å². The zero-order valence-electron chi connectivity index (χ0n) is 33.8. The monoisotopic (exact) mass is 672 g/mol. The lowest BCUT2D eigenvalue weighted by molar-refractivity contribution is -0.704. The van der Waals surface area contributed by atoms with E-state index in [0.29, 0.717) is 0 Å². The SMILES string of the molecule is CCCCCCCCCCCCCCCCCCc1n(CCCCCCC)cc[n+]1CCCCCCCCCCCCCCCCCC. The van der Waals surface area contributed by atoms with E-state index in [1.54, 1.807) is 5.82 Å². The average molecular weight is 672 g/mol. The highest BCUT2D eigenvalue weighted by Crippen LogP contribution is 2.16. The number of rotatable bonds is 40. The van der Waals surface area contributed by atoms with Crippen molar-refractivity contribution < 1.29 is 4.57 Å². The number of aromatic nitrogens is 2. The lowest BCUT2D eigenvalue weighted by Crippen LogP contribution is -2.37. The number of hydrogen-bond donors (Lipinski definition) is 0. The molecule has 1 heterocycles. The molecule has 0 spiro atoms. The standard InChI is InChI=1S/C46H91N2/c1-4-7-10-13-15-17-19-21-23-25-27-29-31-33-35-38-41-46-47(42-39-36-12-9-6-3)44-45-48(46)43-40-37-34-32-30-28-26-24-22-20-18-16-14-11-8-5-2/h44-45H,4-43H2,1-3H3/q+1. The third-order valence-corrected chi connectivity index (χ3v) is 11.1. The molecule has 0 saturated carbocycles. The van der Waals surface area contributed by atoms with Crippen molar-refractivity contribution in [2.45, 2.75) is 278 Å².